The summed E-state index contributed by atoms with van der Waals surface area (Å²) in [5, 5.41) is 3.27. The Morgan fingerprint density at radius 2 is 2.11 bits per heavy atom. The van der Waals surface area contributed by atoms with E-state index in [1.807, 2.05) is 0 Å². The summed E-state index contributed by atoms with van der Waals surface area (Å²) in [4.78, 5) is 45.0. The predicted octanol–water partition coefficient (Wildman–Crippen LogP) is 1.10. The van der Waals surface area contributed by atoms with Crippen LogP contribution in [-0.4, -0.2) is 48.7 Å². The van der Waals surface area contributed by atoms with E-state index < -0.39 is 5.97 Å². The number of H-pyrrole nitrogens is 1. The monoisotopic (exact) mass is 393 g/mol. The number of hydrogen-bond acceptors (Lipinski definition) is 7. The molecule has 8 nitrogen and oxygen atoms in total. The predicted molar refractivity (Wildman–Crippen MR) is 101 cm³/mol. The molecule has 2 N–H and O–H groups in total. The number of aryl methyl sites for hydroxylation is 3. The van der Waals surface area contributed by atoms with Crippen molar-refractivity contribution in [3.63, 3.8) is 0 Å². The minimum atomic E-state index is -0.509. The van der Waals surface area contributed by atoms with Gasteiger partial charge in [-0.25, -0.2) is 4.98 Å². The Bertz CT molecular complexity index is 889. The number of amides is 1. The zero-order valence-electron chi connectivity index (χ0n) is 15.3. The number of esters is 1. The maximum atomic E-state index is 12.4. The summed E-state index contributed by atoms with van der Waals surface area (Å²) in [5.74, 6) is -0.421. The first-order chi connectivity index (χ1) is 13.1. The number of carbonyl (C=O) groups is 2. The van der Waals surface area contributed by atoms with E-state index in [-0.39, 0.29) is 30.9 Å². The maximum Gasteiger partial charge on any atom is 0.306 e. The lowest BCUT2D eigenvalue weighted by Gasteiger charge is -2.09. The van der Waals surface area contributed by atoms with Gasteiger partial charge in [0.1, 0.15) is 10.7 Å². The van der Waals surface area contributed by atoms with Crippen LogP contribution in [0.4, 0.5) is 0 Å². The first-order valence-electron chi connectivity index (χ1n) is 9.03. The molecule has 3 rings (SSSR count). The molecule has 1 aliphatic carbocycles. The van der Waals surface area contributed by atoms with Gasteiger partial charge < -0.3 is 19.8 Å². The fourth-order valence-electron chi connectivity index (χ4n) is 3.11. The van der Waals surface area contributed by atoms with Crippen LogP contribution in [-0.2, 0) is 38.3 Å². The standard InChI is InChI=1S/C18H23N3O5S/c1-25-9-8-19-14(22)10-26-15(23)7-6-13-20-17(24)16-11-4-2-3-5-12(11)27-18(16)21-13/h2-10H2,1H3,(H,19,22)(H,20,21,24). The zero-order chi connectivity index (χ0) is 19.2. The molecule has 0 bridgehead atoms. The number of nitrogens with zero attached hydrogens (tertiary/aromatic N) is 1. The van der Waals surface area contributed by atoms with Crippen molar-refractivity contribution in [2.24, 2.45) is 0 Å². The van der Waals surface area contributed by atoms with E-state index in [0.717, 1.165) is 36.1 Å². The quantitative estimate of drug-likeness (QED) is 0.513. The van der Waals surface area contributed by atoms with E-state index in [4.69, 9.17) is 9.47 Å². The largest absolute Gasteiger partial charge is 0.456 e. The van der Waals surface area contributed by atoms with Gasteiger partial charge in [-0.2, -0.15) is 0 Å². The molecule has 0 unspecified atom stereocenters. The summed E-state index contributed by atoms with van der Waals surface area (Å²) < 4.78 is 9.75. The Kier molecular flexibility index (Phi) is 6.57. The number of thiophene rings is 1. The van der Waals surface area contributed by atoms with Crippen LogP contribution >= 0.6 is 11.3 Å². The lowest BCUT2D eigenvalue weighted by atomic mass is 9.97. The number of methoxy groups -OCH3 is 1. The van der Waals surface area contributed by atoms with E-state index in [0.29, 0.717) is 24.4 Å². The lowest BCUT2D eigenvalue weighted by Crippen LogP contribution is -2.31. The minimum Gasteiger partial charge on any atom is -0.456 e. The molecule has 0 atom stereocenters. The van der Waals surface area contributed by atoms with Gasteiger partial charge in [0.15, 0.2) is 6.61 Å². The van der Waals surface area contributed by atoms with Crippen LogP contribution in [0.2, 0.25) is 0 Å². The highest BCUT2D eigenvalue weighted by Crippen LogP contribution is 2.33. The average Bonchev–Trinajstić information content (AvgIpc) is 3.03. The number of fused-ring (bicyclic) bond motifs is 3. The molecule has 146 valence electrons. The van der Waals surface area contributed by atoms with Crippen molar-refractivity contribution < 1.29 is 19.1 Å². The smallest absolute Gasteiger partial charge is 0.306 e. The molecule has 0 aromatic carbocycles. The summed E-state index contributed by atoms with van der Waals surface area (Å²) in [6.07, 6.45) is 4.49. The highest BCUT2D eigenvalue weighted by Gasteiger charge is 2.20. The first-order valence-corrected chi connectivity index (χ1v) is 9.85. The molecular weight excluding hydrogens is 370 g/mol. The number of aromatic nitrogens is 2. The molecule has 0 aliphatic heterocycles. The molecule has 2 aromatic heterocycles. The van der Waals surface area contributed by atoms with Gasteiger partial charge in [0.2, 0.25) is 0 Å². The van der Waals surface area contributed by atoms with Crippen molar-refractivity contribution in [1.82, 2.24) is 15.3 Å². The van der Waals surface area contributed by atoms with Gasteiger partial charge in [0, 0.05) is 25.0 Å². The van der Waals surface area contributed by atoms with Gasteiger partial charge in [0.05, 0.1) is 18.4 Å². The third kappa shape index (κ3) is 4.92. The molecule has 0 saturated carbocycles. The Labute approximate surface area is 160 Å². The van der Waals surface area contributed by atoms with Gasteiger partial charge in [-0.15, -0.1) is 11.3 Å². The fourth-order valence-corrected chi connectivity index (χ4v) is 4.39. The molecule has 0 fully saturated rings. The molecular formula is C18H23N3O5S. The first kappa shape index (κ1) is 19.5. The molecule has 1 aliphatic rings. The van der Waals surface area contributed by atoms with Crippen LogP contribution in [0.15, 0.2) is 4.79 Å². The second kappa shape index (κ2) is 9.09. The second-order valence-electron chi connectivity index (χ2n) is 6.41. The topological polar surface area (TPSA) is 110 Å². The Hall–Kier alpha value is -2.26. The van der Waals surface area contributed by atoms with Gasteiger partial charge in [-0.3, -0.25) is 14.4 Å². The molecule has 27 heavy (non-hydrogen) atoms. The number of nitrogens with one attached hydrogen (secondary N) is 2. The molecule has 2 aromatic rings. The van der Waals surface area contributed by atoms with Crippen molar-refractivity contribution in [3.05, 3.63) is 26.6 Å². The van der Waals surface area contributed by atoms with Crippen LogP contribution in [0.5, 0.6) is 0 Å². The van der Waals surface area contributed by atoms with Crippen molar-refractivity contribution in [2.75, 3.05) is 26.9 Å². The number of hydrogen-bond donors (Lipinski definition) is 2. The summed E-state index contributed by atoms with van der Waals surface area (Å²) >= 11 is 1.58. The zero-order valence-corrected chi connectivity index (χ0v) is 16.1. The van der Waals surface area contributed by atoms with Crippen molar-refractivity contribution >= 4 is 33.4 Å². The molecule has 1 amide bonds. The Morgan fingerprint density at radius 1 is 1.30 bits per heavy atom. The summed E-state index contributed by atoms with van der Waals surface area (Å²) in [5.41, 5.74) is 1.00. The van der Waals surface area contributed by atoms with Crippen LogP contribution in [0.25, 0.3) is 10.2 Å². The van der Waals surface area contributed by atoms with E-state index in [1.54, 1.807) is 11.3 Å². The van der Waals surface area contributed by atoms with Gasteiger partial charge in [-0.05, 0) is 31.2 Å². The van der Waals surface area contributed by atoms with Crippen molar-refractivity contribution in [1.29, 1.82) is 0 Å². The summed E-state index contributed by atoms with van der Waals surface area (Å²) in [7, 11) is 1.54. The minimum absolute atomic E-state index is 0.0465. The number of rotatable bonds is 8. The summed E-state index contributed by atoms with van der Waals surface area (Å²) in [6, 6.07) is 0. The molecule has 0 spiro atoms. The average molecular weight is 393 g/mol. The van der Waals surface area contributed by atoms with Crippen LogP contribution in [0, 0.1) is 0 Å². The van der Waals surface area contributed by atoms with Crippen molar-refractivity contribution in [3.8, 4) is 0 Å². The van der Waals surface area contributed by atoms with E-state index >= 15 is 0 Å². The van der Waals surface area contributed by atoms with E-state index in [9.17, 15) is 14.4 Å². The fraction of sp³-hybridized carbons (Fsp3) is 0.556. The molecule has 2 heterocycles. The highest BCUT2D eigenvalue weighted by molar-refractivity contribution is 7.18. The lowest BCUT2D eigenvalue weighted by molar-refractivity contribution is -0.148. The van der Waals surface area contributed by atoms with Gasteiger partial charge >= 0.3 is 5.97 Å². The van der Waals surface area contributed by atoms with E-state index in [2.05, 4.69) is 15.3 Å². The second-order valence-corrected chi connectivity index (χ2v) is 7.49. The molecule has 0 radical (unpaired) electrons. The van der Waals surface area contributed by atoms with Crippen LogP contribution in [0.3, 0.4) is 0 Å². The van der Waals surface area contributed by atoms with Crippen LogP contribution in [0.1, 0.15) is 35.5 Å². The van der Waals surface area contributed by atoms with Gasteiger partial charge in [-0.1, -0.05) is 0 Å². The molecule has 0 saturated heterocycles. The third-order valence-corrected chi connectivity index (χ3v) is 5.62. The van der Waals surface area contributed by atoms with Crippen LogP contribution < -0.4 is 10.9 Å². The molecule has 9 heteroatoms. The Balaban J connectivity index is 1.55. The Morgan fingerprint density at radius 3 is 2.93 bits per heavy atom. The highest BCUT2D eigenvalue weighted by atomic mass is 32.1. The van der Waals surface area contributed by atoms with Gasteiger partial charge in [0.25, 0.3) is 11.5 Å². The third-order valence-electron chi connectivity index (χ3n) is 4.43. The maximum absolute atomic E-state index is 12.4. The SMILES string of the molecule is COCCNC(=O)COC(=O)CCc1nc2sc3c(c2c(=O)[nH]1)CCCC3. The summed E-state index contributed by atoms with van der Waals surface area (Å²) in [6.45, 7) is 0.430. The van der Waals surface area contributed by atoms with Crippen molar-refractivity contribution in [2.45, 2.75) is 38.5 Å². The number of carbonyl (C=O) groups excluding carboxylic acids is 2. The van der Waals surface area contributed by atoms with E-state index in [1.165, 1.54) is 12.0 Å². The normalized spacial score (nSPS) is 13.4. The number of aromatic amines is 1. The number of ether oxygens (including phenoxy) is 2.